The zero-order valence-corrected chi connectivity index (χ0v) is 39.9. The maximum absolute atomic E-state index is 14.0. The number of aromatic hydroxyl groups is 3. The molecule has 4 aliphatic heterocycles. The Balaban J connectivity index is 0.725. The summed E-state index contributed by atoms with van der Waals surface area (Å²) in [6.45, 7) is 9.63. The van der Waals surface area contributed by atoms with E-state index in [0.717, 1.165) is 53.2 Å². The molecule has 11 rings (SSSR count). The minimum atomic E-state index is -1.97. The maximum Gasteiger partial charge on any atom is 0.415 e. The summed E-state index contributed by atoms with van der Waals surface area (Å²) in [5.41, 5.74) is 4.27. The molecule has 2 saturated heterocycles. The Morgan fingerprint density at radius 2 is 1.73 bits per heavy atom. The van der Waals surface area contributed by atoms with Gasteiger partial charge in [0.25, 0.3) is 5.56 Å². The molecule has 0 radical (unpaired) electrons. The third-order valence-corrected chi connectivity index (χ3v) is 15.1. The van der Waals surface area contributed by atoms with Crippen molar-refractivity contribution in [3.8, 4) is 51.7 Å². The molecular formula is C53H54N8O10. The van der Waals surface area contributed by atoms with E-state index < -0.39 is 23.7 Å². The van der Waals surface area contributed by atoms with Gasteiger partial charge >= 0.3 is 18.1 Å². The van der Waals surface area contributed by atoms with Crippen LogP contribution >= 0.6 is 0 Å². The molecule has 2 atom stereocenters. The van der Waals surface area contributed by atoms with Gasteiger partial charge in [-0.25, -0.2) is 19.1 Å². The standard InChI is InChI=1S/C53H54N8O10/c1-5-33-35-22-32(9-10-40(35)54-46-37(33)26-60-43(46)24-39-38(48(60)64)27-70-50(66)53(39,4)69)71-52(68)59-16-6-7-42(59)49(65)58-18-13-29(14-19-58)12-17-57-20-15-30-21-31(8-11-41(30)57)61-47(55-56-51(61)67)36-23-34(28(2)3)44(62)25-45(36)63/h8-11,15,20-25,28-29,42,62-63,69H,5-7,12-14,16-19,26-27H2,1-4H3,(H,56,67)/t42-,53-/m0/s1. The van der Waals surface area contributed by atoms with Gasteiger partial charge in [0.1, 0.15) is 29.9 Å². The van der Waals surface area contributed by atoms with Gasteiger partial charge in [0.2, 0.25) is 5.91 Å². The molecule has 2 fully saturated rings. The van der Waals surface area contributed by atoms with Crippen LogP contribution in [0, 0.1) is 5.92 Å². The first-order valence-corrected chi connectivity index (χ1v) is 24.3. The van der Waals surface area contributed by atoms with Gasteiger partial charge in [0.05, 0.1) is 40.3 Å². The average molecular weight is 963 g/mol. The first kappa shape index (κ1) is 45.7. The molecule has 4 aliphatic rings. The van der Waals surface area contributed by atoms with Crippen LogP contribution in [-0.4, -0.2) is 103 Å². The van der Waals surface area contributed by atoms with Crippen LogP contribution in [0.25, 0.3) is 50.3 Å². The number of hydrogen-bond donors (Lipinski definition) is 4. The van der Waals surface area contributed by atoms with Crippen LogP contribution in [0.2, 0.25) is 0 Å². The lowest BCUT2D eigenvalue weighted by atomic mass is 9.89. The summed E-state index contributed by atoms with van der Waals surface area (Å²) in [7, 11) is 0. The number of aryl methyl sites for hydroxylation is 2. The van der Waals surface area contributed by atoms with Gasteiger partial charge < -0.3 is 43.9 Å². The van der Waals surface area contributed by atoms with E-state index in [0.29, 0.717) is 84.3 Å². The van der Waals surface area contributed by atoms with E-state index in [9.17, 15) is 39.6 Å². The Hall–Kier alpha value is -7.73. The lowest BCUT2D eigenvalue weighted by Crippen LogP contribution is -2.50. The Kier molecular flexibility index (Phi) is 11.1. The first-order chi connectivity index (χ1) is 34.1. The van der Waals surface area contributed by atoms with Crippen molar-refractivity contribution in [1.29, 1.82) is 0 Å². The Morgan fingerprint density at radius 1 is 0.930 bits per heavy atom. The summed E-state index contributed by atoms with van der Waals surface area (Å²) in [6, 6.07) is 16.7. The molecular weight excluding hydrogens is 909 g/mol. The van der Waals surface area contributed by atoms with Crippen molar-refractivity contribution in [2.75, 3.05) is 19.6 Å². The van der Waals surface area contributed by atoms with Crippen molar-refractivity contribution in [2.24, 2.45) is 5.92 Å². The average Bonchev–Trinajstić information content (AvgIpc) is 4.17. The zero-order chi connectivity index (χ0) is 49.6. The van der Waals surface area contributed by atoms with Crippen LogP contribution in [0.1, 0.15) is 93.5 Å². The number of cyclic esters (lactones) is 1. The highest BCUT2D eigenvalue weighted by Crippen LogP contribution is 2.42. The van der Waals surface area contributed by atoms with Gasteiger partial charge in [-0.1, -0.05) is 25.9 Å². The molecule has 71 heavy (non-hydrogen) atoms. The van der Waals surface area contributed by atoms with Gasteiger partial charge in [-0.3, -0.25) is 14.5 Å². The number of phenolic OH excluding ortho intramolecular Hbond substituents is 2. The number of carbonyl (C=O) groups excluding carboxylic acids is 3. The molecule has 7 aromatic rings. The van der Waals surface area contributed by atoms with E-state index >= 15 is 0 Å². The minimum Gasteiger partial charge on any atom is -0.508 e. The van der Waals surface area contributed by atoms with Crippen molar-refractivity contribution in [1.82, 2.24) is 38.7 Å². The number of amides is 2. The molecule has 18 heteroatoms. The minimum absolute atomic E-state index is 0.0193. The number of piperidine rings is 1. The lowest BCUT2D eigenvalue weighted by Gasteiger charge is -2.35. The maximum atomic E-state index is 14.0. The number of esters is 1. The second kappa shape index (κ2) is 17.3. The number of ether oxygens (including phenoxy) is 2. The monoisotopic (exact) mass is 962 g/mol. The number of likely N-dealkylation sites (tertiary alicyclic amines) is 2. The SMILES string of the molecule is CCc1c2c(nc3ccc(OC(=O)N4CCC[C@H]4C(=O)N4CCC(CCn5ccc6cc(-n7c(O)nnc7-c7cc(C(C)C)c(O)cc7O)ccc65)CC4)cc13)-c1cc3c(c(=O)n1C2)COC(=O)[C@@]3(C)O. The number of hydrogen-bond acceptors (Lipinski definition) is 13. The lowest BCUT2D eigenvalue weighted by molar-refractivity contribution is -0.169. The van der Waals surface area contributed by atoms with Gasteiger partial charge in [-0.15, -0.1) is 5.10 Å². The molecule has 0 bridgehead atoms. The van der Waals surface area contributed by atoms with E-state index in [1.807, 2.05) is 56.1 Å². The van der Waals surface area contributed by atoms with E-state index in [1.54, 1.807) is 39.8 Å². The molecule has 0 unspecified atom stereocenters. The molecule has 0 aliphatic carbocycles. The van der Waals surface area contributed by atoms with E-state index in [4.69, 9.17) is 14.5 Å². The van der Waals surface area contributed by atoms with Crippen LogP contribution < -0.4 is 10.3 Å². The molecule has 0 saturated carbocycles. The van der Waals surface area contributed by atoms with Gasteiger partial charge in [-0.2, -0.15) is 0 Å². The third kappa shape index (κ3) is 7.62. The normalized spacial score (nSPS) is 18.8. The van der Waals surface area contributed by atoms with Crippen molar-refractivity contribution in [2.45, 2.75) is 103 Å². The number of aliphatic hydroxyl groups is 1. The van der Waals surface area contributed by atoms with Crippen LogP contribution in [0.15, 0.2) is 71.7 Å². The van der Waals surface area contributed by atoms with Crippen molar-refractivity contribution in [3.05, 3.63) is 105 Å². The fourth-order valence-corrected chi connectivity index (χ4v) is 11.2. The Labute approximate surface area is 407 Å². The first-order valence-electron chi connectivity index (χ1n) is 24.3. The predicted molar refractivity (Wildman–Crippen MR) is 260 cm³/mol. The molecule has 4 N–H and O–H groups in total. The van der Waals surface area contributed by atoms with Crippen LogP contribution in [0.5, 0.6) is 23.3 Å². The summed E-state index contributed by atoms with van der Waals surface area (Å²) < 4.78 is 16.4. The molecule has 18 nitrogen and oxygen atoms in total. The van der Waals surface area contributed by atoms with Crippen LogP contribution in [0.3, 0.4) is 0 Å². The summed E-state index contributed by atoms with van der Waals surface area (Å²) in [5, 5.41) is 52.8. The van der Waals surface area contributed by atoms with E-state index in [-0.39, 0.29) is 65.0 Å². The summed E-state index contributed by atoms with van der Waals surface area (Å²) in [5.74, 6) is -0.128. The topological polar surface area (TPSA) is 228 Å². The molecule has 0 spiro atoms. The van der Waals surface area contributed by atoms with Crippen molar-refractivity contribution >= 4 is 39.8 Å². The largest absolute Gasteiger partial charge is 0.508 e. The molecule has 4 aromatic heterocycles. The second-order valence-corrected chi connectivity index (χ2v) is 19.7. The van der Waals surface area contributed by atoms with Crippen LogP contribution in [-0.2, 0) is 46.0 Å². The molecule has 3 aromatic carbocycles. The smallest absolute Gasteiger partial charge is 0.415 e. The molecule has 8 heterocycles. The number of aromatic nitrogens is 6. The second-order valence-electron chi connectivity index (χ2n) is 19.7. The molecule has 2 amide bonds. The number of benzene rings is 3. The van der Waals surface area contributed by atoms with Crippen LogP contribution in [0.4, 0.5) is 4.79 Å². The summed E-state index contributed by atoms with van der Waals surface area (Å²) >= 11 is 0. The van der Waals surface area contributed by atoms with Gasteiger partial charge in [0.15, 0.2) is 11.4 Å². The highest BCUT2D eigenvalue weighted by molar-refractivity contribution is 5.91. The number of rotatable bonds is 9. The fraction of sp³-hybridized carbons (Fsp3) is 0.377. The van der Waals surface area contributed by atoms with Crippen molar-refractivity contribution in [3.63, 3.8) is 0 Å². The number of phenols is 2. The number of nitrogens with zero attached hydrogens (tertiary/aromatic N) is 8. The van der Waals surface area contributed by atoms with E-state index in [1.165, 1.54) is 17.6 Å². The third-order valence-electron chi connectivity index (χ3n) is 15.1. The zero-order valence-electron chi connectivity index (χ0n) is 39.9. The quantitative estimate of drug-likeness (QED) is 0.107. The summed E-state index contributed by atoms with van der Waals surface area (Å²) in [4.78, 5) is 62.4. The summed E-state index contributed by atoms with van der Waals surface area (Å²) in [6.07, 6.45) is 5.90. The van der Waals surface area contributed by atoms with Gasteiger partial charge in [0, 0.05) is 65.9 Å². The number of pyridine rings is 2. The van der Waals surface area contributed by atoms with Crippen molar-refractivity contribution < 1.29 is 44.3 Å². The van der Waals surface area contributed by atoms with E-state index in [2.05, 4.69) is 14.8 Å². The highest BCUT2D eigenvalue weighted by atomic mass is 16.6. The Morgan fingerprint density at radius 3 is 2.51 bits per heavy atom. The fourth-order valence-electron chi connectivity index (χ4n) is 11.2. The molecule has 366 valence electrons. The van der Waals surface area contributed by atoms with Gasteiger partial charge in [-0.05, 0) is 123 Å². The number of carbonyl (C=O) groups is 3. The number of fused-ring (bicyclic) bond motifs is 6. The predicted octanol–water partition coefficient (Wildman–Crippen LogP) is 6.99. The Bertz CT molecular complexity index is 3420. The highest BCUT2D eigenvalue weighted by Gasteiger charge is 2.43.